The number of allylic oxidation sites excluding steroid dienone is 3. The van der Waals surface area contributed by atoms with Crippen LogP contribution >= 0.6 is 11.3 Å². The molecule has 29 heavy (non-hydrogen) atoms. The van der Waals surface area contributed by atoms with E-state index in [4.69, 9.17) is 9.72 Å². The molecule has 0 spiro atoms. The Morgan fingerprint density at radius 2 is 2.07 bits per heavy atom. The molecule has 4 rings (SSSR count). The topological polar surface area (TPSA) is 78.8 Å². The Labute approximate surface area is 174 Å². The number of aliphatic hydroxyl groups excluding tert-OH is 1. The van der Waals surface area contributed by atoms with Crippen molar-refractivity contribution < 1.29 is 14.6 Å². The van der Waals surface area contributed by atoms with Crippen molar-refractivity contribution in [1.29, 1.82) is 0 Å². The van der Waals surface area contributed by atoms with Crippen LogP contribution in [0.5, 0.6) is 0 Å². The van der Waals surface area contributed by atoms with Crippen LogP contribution in [0.1, 0.15) is 32.5 Å². The summed E-state index contributed by atoms with van der Waals surface area (Å²) in [5.41, 5.74) is 1.68. The second kappa shape index (κ2) is 8.41. The van der Waals surface area contributed by atoms with Gasteiger partial charge in [0.25, 0.3) is 0 Å². The molecule has 0 aromatic carbocycles. The van der Waals surface area contributed by atoms with E-state index in [2.05, 4.69) is 9.88 Å². The number of hydrogen-bond acceptors (Lipinski definition) is 7. The first-order chi connectivity index (χ1) is 14.0. The van der Waals surface area contributed by atoms with Gasteiger partial charge in [0, 0.05) is 31.8 Å². The molecular weight excluding hydrogens is 388 g/mol. The SMILES string of the molecule is CC(C)COC(=O)N1CCN(c2nc(C3=C(O)C=CCC3)nc3ccsc23)CC1. The summed E-state index contributed by atoms with van der Waals surface area (Å²) in [5.74, 6) is 2.04. The van der Waals surface area contributed by atoms with Crippen molar-refractivity contribution in [1.82, 2.24) is 14.9 Å². The first kappa shape index (κ1) is 19.7. The molecule has 1 N–H and O–H groups in total. The van der Waals surface area contributed by atoms with E-state index in [9.17, 15) is 9.90 Å². The maximum atomic E-state index is 12.2. The van der Waals surface area contributed by atoms with Gasteiger partial charge in [0.05, 0.1) is 16.8 Å². The zero-order valence-corrected chi connectivity index (χ0v) is 17.6. The monoisotopic (exact) mass is 414 g/mol. The molecule has 0 atom stereocenters. The number of amides is 1. The van der Waals surface area contributed by atoms with Crippen molar-refractivity contribution in [3.05, 3.63) is 35.2 Å². The molecule has 0 unspecified atom stereocenters. The van der Waals surface area contributed by atoms with Crippen LogP contribution in [0.2, 0.25) is 0 Å². The molecule has 2 aliphatic rings. The highest BCUT2D eigenvalue weighted by Gasteiger charge is 2.26. The first-order valence-corrected chi connectivity index (χ1v) is 10.9. The quantitative estimate of drug-likeness (QED) is 0.807. The molecule has 1 aliphatic heterocycles. The van der Waals surface area contributed by atoms with Crippen LogP contribution < -0.4 is 4.90 Å². The van der Waals surface area contributed by atoms with Crippen molar-refractivity contribution >= 4 is 39.0 Å². The summed E-state index contributed by atoms with van der Waals surface area (Å²) in [6, 6.07) is 1.99. The Morgan fingerprint density at radius 1 is 1.28 bits per heavy atom. The average Bonchev–Trinajstić information content (AvgIpc) is 3.20. The summed E-state index contributed by atoms with van der Waals surface area (Å²) in [5, 5.41) is 12.3. The molecule has 1 fully saturated rings. The molecule has 1 saturated heterocycles. The smallest absolute Gasteiger partial charge is 0.409 e. The van der Waals surface area contributed by atoms with Crippen LogP contribution in [0.15, 0.2) is 29.4 Å². The van der Waals surface area contributed by atoms with E-state index in [1.165, 1.54) is 0 Å². The zero-order chi connectivity index (χ0) is 20.4. The van der Waals surface area contributed by atoms with Crippen LogP contribution in [0.4, 0.5) is 10.6 Å². The van der Waals surface area contributed by atoms with Gasteiger partial charge in [-0.05, 0) is 36.3 Å². The molecule has 154 valence electrons. The van der Waals surface area contributed by atoms with Gasteiger partial charge in [-0.25, -0.2) is 14.8 Å². The molecule has 2 aromatic heterocycles. The van der Waals surface area contributed by atoms with Crippen LogP contribution in [-0.2, 0) is 4.74 Å². The lowest BCUT2D eigenvalue weighted by molar-refractivity contribution is 0.0901. The number of fused-ring (bicyclic) bond motifs is 1. The molecular formula is C21H26N4O3S. The zero-order valence-electron chi connectivity index (χ0n) is 16.8. The minimum Gasteiger partial charge on any atom is -0.508 e. The van der Waals surface area contributed by atoms with Crippen molar-refractivity contribution in [2.24, 2.45) is 5.92 Å². The number of hydrogen-bond donors (Lipinski definition) is 1. The van der Waals surface area contributed by atoms with E-state index in [1.807, 2.05) is 31.4 Å². The molecule has 2 aromatic rings. The van der Waals surface area contributed by atoms with Gasteiger partial charge in [-0.15, -0.1) is 11.3 Å². The summed E-state index contributed by atoms with van der Waals surface area (Å²) >= 11 is 1.62. The fourth-order valence-electron chi connectivity index (χ4n) is 3.51. The summed E-state index contributed by atoms with van der Waals surface area (Å²) in [6.45, 7) is 7.06. The molecule has 1 aliphatic carbocycles. The predicted molar refractivity (Wildman–Crippen MR) is 115 cm³/mol. The van der Waals surface area contributed by atoms with Gasteiger partial charge in [0.1, 0.15) is 5.76 Å². The number of nitrogens with zero attached hydrogens (tertiary/aromatic N) is 4. The number of carbonyl (C=O) groups is 1. The molecule has 0 bridgehead atoms. The number of thiophene rings is 1. The highest BCUT2D eigenvalue weighted by Crippen LogP contribution is 2.33. The Hall–Kier alpha value is -2.61. The second-order valence-corrected chi connectivity index (χ2v) is 8.67. The fourth-order valence-corrected chi connectivity index (χ4v) is 4.35. The first-order valence-electron chi connectivity index (χ1n) is 10.0. The Bertz CT molecular complexity index is 958. The fraction of sp³-hybridized carbons (Fsp3) is 0.476. The number of ether oxygens (including phenoxy) is 1. The number of piperazine rings is 1. The number of anilines is 1. The van der Waals surface area contributed by atoms with Gasteiger partial charge < -0.3 is 19.6 Å². The second-order valence-electron chi connectivity index (χ2n) is 7.76. The summed E-state index contributed by atoms with van der Waals surface area (Å²) in [4.78, 5) is 25.7. The minimum absolute atomic E-state index is 0.243. The van der Waals surface area contributed by atoms with E-state index in [-0.39, 0.29) is 11.9 Å². The van der Waals surface area contributed by atoms with Crippen molar-refractivity contribution in [3.8, 4) is 0 Å². The summed E-state index contributed by atoms with van der Waals surface area (Å²) < 4.78 is 6.39. The van der Waals surface area contributed by atoms with Crippen molar-refractivity contribution in [3.63, 3.8) is 0 Å². The molecule has 0 radical (unpaired) electrons. The molecule has 0 saturated carbocycles. The molecule has 3 heterocycles. The summed E-state index contributed by atoms with van der Waals surface area (Å²) in [6.07, 6.45) is 5.04. The summed E-state index contributed by atoms with van der Waals surface area (Å²) in [7, 11) is 0. The lowest BCUT2D eigenvalue weighted by atomic mass is 10.0. The van der Waals surface area contributed by atoms with Crippen LogP contribution in [0, 0.1) is 5.92 Å². The maximum Gasteiger partial charge on any atom is 0.409 e. The van der Waals surface area contributed by atoms with Crippen molar-refractivity contribution in [2.75, 3.05) is 37.7 Å². The van der Waals surface area contributed by atoms with E-state index in [0.717, 1.165) is 34.4 Å². The third-order valence-electron chi connectivity index (χ3n) is 5.08. The normalized spacial score (nSPS) is 17.5. The predicted octanol–water partition coefficient (Wildman–Crippen LogP) is 4.23. The van der Waals surface area contributed by atoms with Crippen LogP contribution in [-0.4, -0.2) is 58.9 Å². The average molecular weight is 415 g/mol. The molecule has 7 nitrogen and oxygen atoms in total. The minimum atomic E-state index is -0.243. The standard InChI is InChI=1S/C21H26N4O3S/c1-14(2)13-28-21(27)25-10-8-24(9-11-25)20-18-16(7-12-29-18)22-19(23-20)15-5-3-4-6-17(15)26/h4,6-7,12,14,26H,3,5,8-11,13H2,1-2H3. The largest absolute Gasteiger partial charge is 0.508 e. The number of aromatic nitrogens is 2. The third-order valence-corrected chi connectivity index (χ3v) is 5.98. The van der Waals surface area contributed by atoms with Crippen LogP contribution in [0.3, 0.4) is 0 Å². The van der Waals surface area contributed by atoms with E-state index < -0.39 is 0 Å². The highest BCUT2D eigenvalue weighted by molar-refractivity contribution is 7.17. The van der Waals surface area contributed by atoms with Gasteiger partial charge in [-0.1, -0.05) is 19.9 Å². The lowest BCUT2D eigenvalue weighted by Crippen LogP contribution is -2.49. The van der Waals surface area contributed by atoms with E-state index >= 15 is 0 Å². The Morgan fingerprint density at radius 3 is 2.79 bits per heavy atom. The number of aliphatic hydroxyl groups is 1. The number of carbonyl (C=O) groups excluding carboxylic acids is 1. The van der Waals surface area contributed by atoms with Gasteiger partial charge in [-0.3, -0.25) is 0 Å². The van der Waals surface area contributed by atoms with E-state index in [1.54, 1.807) is 22.3 Å². The molecule has 8 heteroatoms. The Balaban J connectivity index is 1.55. The van der Waals surface area contributed by atoms with Gasteiger partial charge in [0.15, 0.2) is 11.6 Å². The van der Waals surface area contributed by atoms with Gasteiger partial charge in [-0.2, -0.15) is 0 Å². The molecule has 1 amide bonds. The Kier molecular flexibility index (Phi) is 5.71. The maximum absolute atomic E-state index is 12.2. The van der Waals surface area contributed by atoms with Gasteiger partial charge in [0.2, 0.25) is 0 Å². The third kappa shape index (κ3) is 4.22. The lowest BCUT2D eigenvalue weighted by Gasteiger charge is -2.35. The number of rotatable bonds is 4. The van der Waals surface area contributed by atoms with E-state index in [0.29, 0.717) is 44.5 Å². The highest BCUT2D eigenvalue weighted by atomic mass is 32.1. The van der Waals surface area contributed by atoms with Gasteiger partial charge >= 0.3 is 6.09 Å². The van der Waals surface area contributed by atoms with Crippen molar-refractivity contribution in [2.45, 2.75) is 26.7 Å². The van der Waals surface area contributed by atoms with Crippen LogP contribution in [0.25, 0.3) is 15.8 Å².